The second-order valence-electron chi connectivity index (χ2n) is 4.23. The lowest BCUT2D eigenvalue weighted by Crippen LogP contribution is -2.44. The molecule has 0 aliphatic carbocycles. The molecule has 5 heteroatoms. The summed E-state index contributed by atoms with van der Waals surface area (Å²) in [6, 6.07) is 0.156. The largest absolute Gasteiger partial charge is 0.379 e. The van der Waals surface area contributed by atoms with E-state index in [4.69, 9.17) is 4.74 Å². The third kappa shape index (κ3) is 3.73. The Morgan fingerprint density at radius 3 is 2.88 bits per heavy atom. The molecular weight excluding hydrogens is 206 g/mol. The fraction of sp³-hybridized carbons (Fsp3) is 0.909. The van der Waals surface area contributed by atoms with E-state index in [1.54, 1.807) is 0 Å². The van der Waals surface area contributed by atoms with Crippen LogP contribution in [0.4, 0.5) is 0 Å². The number of ether oxygens (including phenoxy) is 1. The Morgan fingerprint density at radius 2 is 2.25 bits per heavy atom. The molecule has 0 bridgehead atoms. The van der Waals surface area contributed by atoms with E-state index in [0.717, 1.165) is 13.1 Å². The van der Waals surface area contributed by atoms with E-state index in [0.29, 0.717) is 19.8 Å². The van der Waals surface area contributed by atoms with Gasteiger partial charge in [0.05, 0.1) is 19.1 Å². The summed E-state index contributed by atoms with van der Waals surface area (Å²) in [7, 11) is 3.91. The first-order chi connectivity index (χ1) is 7.69. The van der Waals surface area contributed by atoms with Crippen LogP contribution in [0.1, 0.15) is 6.92 Å². The molecule has 0 radical (unpaired) electrons. The van der Waals surface area contributed by atoms with Crippen molar-refractivity contribution in [3.63, 3.8) is 0 Å². The van der Waals surface area contributed by atoms with Crippen molar-refractivity contribution in [3.05, 3.63) is 0 Å². The average Bonchev–Trinajstić information content (AvgIpc) is 2.76. The van der Waals surface area contributed by atoms with Gasteiger partial charge in [0, 0.05) is 19.1 Å². The zero-order chi connectivity index (χ0) is 12.0. The van der Waals surface area contributed by atoms with Crippen LogP contribution in [0.15, 0.2) is 0 Å². The molecule has 1 fully saturated rings. The molecule has 0 aromatic heterocycles. The molecule has 1 heterocycles. The van der Waals surface area contributed by atoms with Crippen LogP contribution < -0.4 is 10.6 Å². The molecule has 0 aromatic rings. The molecule has 2 N–H and O–H groups in total. The monoisotopic (exact) mass is 229 g/mol. The average molecular weight is 229 g/mol. The quantitative estimate of drug-likeness (QED) is 0.632. The van der Waals surface area contributed by atoms with Crippen molar-refractivity contribution in [2.45, 2.75) is 13.0 Å². The Bertz CT molecular complexity index is 223. The third-order valence-corrected chi connectivity index (χ3v) is 3.12. The molecule has 1 saturated heterocycles. The molecule has 94 valence electrons. The van der Waals surface area contributed by atoms with Crippen molar-refractivity contribution < 1.29 is 9.53 Å². The first kappa shape index (κ1) is 13.4. The highest BCUT2D eigenvalue weighted by atomic mass is 16.5. The standard InChI is InChI=1S/C11H23N3O2/c1-4-14(3)6-5-13-11(15)9-7-16-8-10(9)12-2/h9-10,12H,4-8H2,1-3H3,(H,13,15). The summed E-state index contributed by atoms with van der Waals surface area (Å²) in [4.78, 5) is 14.0. The lowest BCUT2D eigenvalue weighted by atomic mass is 10.0. The molecule has 0 spiro atoms. The van der Waals surface area contributed by atoms with Crippen LogP contribution in [-0.4, -0.2) is 63.8 Å². The Kier molecular flexibility index (Phi) is 5.73. The van der Waals surface area contributed by atoms with Crippen molar-refractivity contribution in [2.24, 2.45) is 5.92 Å². The Hall–Kier alpha value is -0.650. The first-order valence-electron chi connectivity index (χ1n) is 5.90. The molecule has 1 rings (SSSR count). The lowest BCUT2D eigenvalue weighted by molar-refractivity contribution is -0.125. The van der Waals surface area contributed by atoms with Crippen molar-refractivity contribution in [1.82, 2.24) is 15.5 Å². The number of hydrogen-bond donors (Lipinski definition) is 2. The van der Waals surface area contributed by atoms with Crippen LogP contribution in [0.5, 0.6) is 0 Å². The summed E-state index contributed by atoms with van der Waals surface area (Å²) in [5.41, 5.74) is 0. The minimum Gasteiger partial charge on any atom is -0.379 e. The van der Waals surface area contributed by atoms with Gasteiger partial charge in [0.15, 0.2) is 0 Å². The van der Waals surface area contributed by atoms with Gasteiger partial charge >= 0.3 is 0 Å². The molecule has 2 unspecified atom stereocenters. The number of carbonyl (C=O) groups is 1. The minimum atomic E-state index is -0.0445. The molecule has 1 amide bonds. The molecule has 5 nitrogen and oxygen atoms in total. The van der Waals surface area contributed by atoms with Crippen LogP contribution in [0.25, 0.3) is 0 Å². The maximum absolute atomic E-state index is 11.8. The van der Waals surface area contributed by atoms with E-state index in [2.05, 4.69) is 22.5 Å². The van der Waals surface area contributed by atoms with Gasteiger partial charge in [0.1, 0.15) is 0 Å². The fourth-order valence-electron chi connectivity index (χ4n) is 1.76. The van der Waals surface area contributed by atoms with Gasteiger partial charge in [-0.2, -0.15) is 0 Å². The Balaban J connectivity index is 2.24. The fourth-order valence-corrected chi connectivity index (χ4v) is 1.76. The van der Waals surface area contributed by atoms with Crippen LogP contribution in [0, 0.1) is 5.92 Å². The van der Waals surface area contributed by atoms with E-state index < -0.39 is 0 Å². The van der Waals surface area contributed by atoms with E-state index in [-0.39, 0.29) is 17.9 Å². The number of amides is 1. The molecular formula is C11H23N3O2. The maximum atomic E-state index is 11.8. The van der Waals surface area contributed by atoms with Crippen LogP contribution >= 0.6 is 0 Å². The van der Waals surface area contributed by atoms with Gasteiger partial charge in [0.25, 0.3) is 0 Å². The van der Waals surface area contributed by atoms with Gasteiger partial charge in [-0.25, -0.2) is 0 Å². The summed E-state index contributed by atoms with van der Waals surface area (Å²) in [5, 5.41) is 6.06. The number of nitrogens with one attached hydrogen (secondary N) is 2. The molecule has 0 saturated carbocycles. The van der Waals surface area contributed by atoms with Gasteiger partial charge in [0.2, 0.25) is 5.91 Å². The van der Waals surface area contributed by atoms with Crippen molar-refractivity contribution in [1.29, 1.82) is 0 Å². The normalized spacial score (nSPS) is 25.0. The summed E-state index contributed by atoms with van der Waals surface area (Å²) >= 11 is 0. The molecule has 2 atom stereocenters. The Morgan fingerprint density at radius 1 is 1.50 bits per heavy atom. The van der Waals surface area contributed by atoms with Crippen LogP contribution in [0.2, 0.25) is 0 Å². The van der Waals surface area contributed by atoms with Gasteiger partial charge in [-0.3, -0.25) is 4.79 Å². The zero-order valence-electron chi connectivity index (χ0n) is 10.5. The van der Waals surface area contributed by atoms with E-state index in [1.165, 1.54) is 0 Å². The van der Waals surface area contributed by atoms with Gasteiger partial charge in [-0.15, -0.1) is 0 Å². The number of likely N-dealkylation sites (N-methyl/N-ethyl adjacent to an activating group) is 2. The number of hydrogen-bond acceptors (Lipinski definition) is 4. The number of carbonyl (C=O) groups excluding carboxylic acids is 1. The predicted molar refractivity (Wildman–Crippen MR) is 63.3 cm³/mol. The third-order valence-electron chi connectivity index (χ3n) is 3.12. The molecule has 0 aromatic carbocycles. The van der Waals surface area contributed by atoms with Crippen molar-refractivity contribution >= 4 is 5.91 Å². The van der Waals surface area contributed by atoms with Gasteiger partial charge < -0.3 is 20.3 Å². The Labute approximate surface area is 97.5 Å². The first-order valence-corrected chi connectivity index (χ1v) is 5.90. The summed E-state index contributed by atoms with van der Waals surface area (Å²) < 4.78 is 5.30. The predicted octanol–water partition coefficient (Wildman–Crippen LogP) is -0.711. The van der Waals surface area contributed by atoms with Crippen molar-refractivity contribution in [2.75, 3.05) is 46.9 Å². The molecule has 16 heavy (non-hydrogen) atoms. The molecule has 1 aliphatic heterocycles. The zero-order valence-corrected chi connectivity index (χ0v) is 10.5. The van der Waals surface area contributed by atoms with Crippen LogP contribution in [-0.2, 0) is 9.53 Å². The highest BCUT2D eigenvalue weighted by molar-refractivity contribution is 5.79. The van der Waals surface area contributed by atoms with Crippen molar-refractivity contribution in [3.8, 4) is 0 Å². The second-order valence-corrected chi connectivity index (χ2v) is 4.23. The number of rotatable bonds is 6. The van der Waals surface area contributed by atoms with E-state index >= 15 is 0 Å². The smallest absolute Gasteiger partial charge is 0.227 e. The van der Waals surface area contributed by atoms with Gasteiger partial charge in [-0.05, 0) is 20.6 Å². The lowest BCUT2D eigenvalue weighted by Gasteiger charge is -2.18. The minimum absolute atomic E-state index is 0.0445. The summed E-state index contributed by atoms with van der Waals surface area (Å²) in [6.07, 6.45) is 0. The van der Waals surface area contributed by atoms with Crippen LogP contribution in [0.3, 0.4) is 0 Å². The topological polar surface area (TPSA) is 53.6 Å². The molecule has 1 aliphatic rings. The van der Waals surface area contributed by atoms with E-state index in [9.17, 15) is 4.79 Å². The maximum Gasteiger partial charge on any atom is 0.227 e. The van der Waals surface area contributed by atoms with E-state index in [1.807, 2.05) is 14.1 Å². The number of nitrogens with zero attached hydrogens (tertiary/aromatic N) is 1. The summed E-state index contributed by atoms with van der Waals surface area (Å²) in [6.45, 7) is 5.85. The second kappa shape index (κ2) is 6.83. The summed E-state index contributed by atoms with van der Waals surface area (Å²) in [5.74, 6) is 0.0540. The van der Waals surface area contributed by atoms with Gasteiger partial charge in [-0.1, -0.05) is 6.92 Å². The highest BCUT2D eigenvalue weighted by Gasteiger charge is 2.32. The SMILES string of the molecule is CCN(C)CCNC(=O)C1COCC1NC. The highest BCUT2D eigenvalue weighted by Crippen LogP contribution is 2.13.